The van der Waals surface area contributed by atoms with Crippen molar-refractivity contribution in [2.45, 2.75) is 0 Å². The lowest BCUT2D eigenvalue weighted by molar-refractivity contribution is -0.384. The van der Waals surface area contributed by atoms with Crippen LogP contribution >= 0.6 is 11.5 Å². The molecule has 8 heteroatoms. The van der Waals surface area contributed by atoms with E-state index in [0.29, 0.717) is 10.1 Å². The largest absolute Gasteiger partial charge is 0.271 e. The van der Waals surface area contributed by atoms with Crippen LogP contribution in [-0.4, -0.2) is 9.30 Å². The number of hydrogen-bond donors (Lipinski definition) is 0. The standard InChI is InChI=1S/C7H3N5O2S/c8-11-10-6-1-4(12(13)14)2-7-5(6)3-9-15-7/h1-3H. The molecule has 15 heavy (non-hydrogen) atoms. The zero-order valence-electron chi connectivity index (χ0n) is 7.19. The van der Waals surface area contributed by atoms with Crippen molar-refractivity contribution in [3.63, 3.8) is 0 Å². The van der Waals surface area contributed by atoms with Gasteiger partial charge in [0, 0.05) is 28.6 Å². The Morgan fingerprint density at radius 2 is 2.40 bits per heavy atom. The van der Waals surface area contributed by atoms with E-state index >= 15 is 0 Å². The topological polar surface area (TPSA) is 105 Å². The van der Waals surface area contributed by atoms with E-state index in [-0.39, 0.29) is 11.4 Å². The number of nitrogens with zero attached hydrogens (tertiary/aromatic N) is 5. The molecule has 0 atom stereocenters. The van der Waals surface area contributed by atoms with E-state index in [4.69, 9.17) is 5.53 Å². The average molecular weight is 221 g/mol. The summed E-state index contributed by atoms with van der Waals surface area (Å²) in [6, 6.07) is 2.64. The molecule has 7 nitrogen and oxygen atoms in total. The Kier molecular flexibility index (Phi) is 2.20. The first-order valence-corrected chi connectivity index (χ1v) is 4.57. The molecule has 1 aromatic heterocycles. The van der Waals surface area contributed by atoms with Crippen LogP contribution in [0.2, 0.25) is 0 Å². The molecule has 0 aliphatic carbocycles. The average Bonchev–Trinajstić information content (AvgIpc) is 2.65. The van der Waals surface area contributed by atoms with Gasteiger partial charge in [0.2, 0.25) is 0 Å². The third-order valence-electron chi connectivity index (χ3n) is 1.80. The van der Waals surface area contributed by atoms with Crippen LogP contribution in [0.4, 0.5) is 11.4 Å². The Hall–Kier alpha value is -2.18. The minimum Gasteiger partial charge on any atom is -0.258 e. The molecule has 0 N–H and O–H groups in total. The zero-order valence-corrected chi connectivity index (χ0v) is 8.01. The van der Waals surface area contributed by atoms with Crippen molar-refractivity contribution < 1.29 is 4.92 Å². The molecule has 0 bridgehead atoms. The Bertz CT molecular complexity index is 586. The highest BCUT2D eigenvalue weighted by Crippen LogP contribution is 2.33. The number of benzene rings is 1. The van der Waals surface area contributed by atoms with E-state index in [0.717, 1.165) is 11.5 Å². The van der Waals surface area contributed by atoms with E-state index in [1.54, 1.807) is 0 Å². The van der Waals surface area contributed by atoms with Gasteiger partial charge in [0.25, 0.3) is 5.69 Å². The number of nitro benzene ring substituents is 1. The van der Waals surface area contributed by atoms with Crippen LogP contribution in [0.1, 0.15) is 0 Å². The first-order chi connectivity index (χ1) is 7.22. The van der Waals surface area contributed by atoms with E-state index in [1.165, 1.54) is 18.3 Å². The summed E-state index contributed by atoms with van der Waals surface area (Å²) in [5.74, 6) is 0. The van der Waals surface area contributed by atoms with Gasteiger partial charge in [-0.05, 0) is 17.1 Å². The third-order valence-corrected chi connectivity index (χ3v) is 2.55. The highest BCUT2D eigenvalue weighted by atomic mass is 32.1. The Labute approximate surface area is 86.9 Å². The van der Waals surface area contributed by atoms with Gasteiger partial charge in [0.15, 0.2) is 0 Å². The maximum Gasteiger partial charge on any atom is 0.271 e. The number of rotatable bonds is 2. The van der Waals surface area contributed by atoms with Crippen molar-refractivity contribution in [2.24, 2.45) is 5.11 Å². The summed E-state index contributed by atoms with van der Waals surface area (Å²) in [5, 5.41) is 14.6. The molecule has 0 unspecified atom stereocenters. The summed E-state index contributed by atoms with van der Waals surface area (Å²) < 4.78 is 4.51. The number of aromatic nitrogens is 1. The summed E-state index contributed by atoms with van der Waals surface area (Å²) in [6.45, 7) is 0. The predicted molar refractivity (Wildman–Crippen MR) is 55.1 cm³/mol. The molecule has 0 amide bonds. The SMILES string of the molecule is [N-]=[N+]=Nc1cc([N+](=O)[O-])cc2sncc12. The van der Waals surface area contributed by atoms with Crippen LogP contribution in [0.5, 0.6) is 0 Å². The maximum absolute atomic E-state index is 10.6. The van der Waals surface area contributed by atoms with Crippen molar-refractivity contribution in [3.05, 3.63) is 38.9 Å². The Morgan fingerprint density at radius 1 is 1.60 bits per heavy atom. The highest BCUT2D eigenvalue weighted by Gasteiger charge is 2.11. The molecule has 1 aromatic carbocycles. The zero-order chi connectivity index (χ0) is 10.8. The lowest BCUT2D eigenvalue weighted by atomic mass is 10.2. The van der Waals surface area contributed by atoms with E-state index in [1.807, 2.05) is 0 Å². The van der Waals surface area contributed by atoms with Crippen LogP contribution in [0, 0.1) is 10.1 Å². The number of azide groups is 1. The summed E-state index contributed by atoms with van der Waals surface area (Å²) in [7, 11) is 0. The van der Waals surface area contributed by atoms with Gasteiger partial charge in [-0.1, -0.05) is 5.11 Å². The fourth-order valence-corrected chi connectivity index (χ4v) is 1.88. The molecule has 2 aromatic rings. The second kappa shape index (κ2) is 3.52. The summed E-state index contributed by atoms with van der Waals surface area (Å²) in [4.78, 5) is 12.7. The molecule has 1 heterocycles. The fraction of sp³-hybridized carbons (Fsp3) is 0. The number of hydrogen-bond acceptors (Lipinski definition) is 5. The Morgan fingerprint density at radius 3 is 3.07 bits per heavy atom. The lowest BCUT2D eigenvalue weighted by Crippen LogP contribution is -1.86. The molecular weight excluding hydrogens is 218 g/mol. The number of nitro groups is 1. The van der Waals surface area contributed by atoms with E-state index in [2.05, 4.69) is 14.4 Å². The smallest absolute Gasteiger partial charge is 0.258 e. The molecule has 74 valence electrons. The second-order valence-corrected chi connectivity index (χ2v) is 3.48. The van der Waals surface area contributed by atoms with Gasteiger partial charge < -0.3 is 0 Å². The highest BCUT2D eigenvalue weighted by molar-refractivity contribution is 7.13. The first-order valence-electron chi connectivity index (χ1n) is 3.80. The fourth-order valence-electron chi connectivity index (χ4n) is 1.18. The molecule has 0 radical (unpaired) electrons. The normalized spacial score (nSPS) is 9.87. The molecule has 2 rings (SSSR count). The van der Waals surface area contributed by atoms with Gasteiger partial charge in [-0.3, -0.25) is 10.1 Å². The molecule has 0 aliphatic rings. The van der Waals surface area contributed by atoms with E-state index in [9.17, 15) is 10.1 Å². The van der Waals surface area contributed by atoms with Crippen molar-refractivity contribution in [1.82, 2.24) is 4.37 Å². The van der Waals surface area contributed by atoms with Crippen molar-refractivity contribution >= 4 is 33.0 Å². The molecular formula is C7H3N5O2S. The summed E-state index contributed by atoms with van der Waals surface area (Å²) >= 11 is 1.12. The van der Waals surface area contributed by atoms with Gasteiger partial charge in [-0.15, -0.1) is 0 Å². The predicted octanol–water partition coefficient (Wildman–Crippen LogP) is 3.15. The third kappa shape index (κ3) is 1.58. The van der Waals surface area contributed by atoms with E-state index < -0.39 is 4.92 Å². The minimum atomic E-state index is -0.532. The number of non-ortho nitro benzene ring substituents is 1. The van der Waals surface area contributed by atoms with Crippen molar-refractivity contribution in [1.29, 1.82) is 0 Å². The van der Waals surface area contributed by atoms with Crippen molar-refractivity contribution in [3.8, 4) is 0 Å². The monoisotopic (exact) mass is 221 g/mol. The second-order valence-electron chi connectivity index (χ2n) is 2.65. The van der Waals surface area contributed by atoms with Gasteiger partial charge in [0.05, 0.1) is 15.3 Å². The summed E-state index contributed by atoms with van der Waals surface area (Å²) in [5.41, 5.74) is 8.45. The lowest BCUT2D eigenvalue weighted by Gasteiger charge is -1.95. The first kappa shape index (κ1) is 9.38. The molecule has 0 saturated heterocycles. The molecule has 0 spiro atoms. The quantitative estimate of drug-likeness (QED) is 0.255. The number of fused-ring (bicyclic) bond motifs is 1. The van der Waals surface area contributed by atoms with Gasteiger partial charge >= 0.3 is 0 Å². The van der Waals surface area contributed by atoms with Crippen LogP contribution < -0.4 is 0 Å². The maximum atomic E-state index is 10.6. The van der Waals surface area contributed by atoms with Gasteiger partial charge in [0.1, 0.15) is 0 Å². The van der Waals surface area contributed by atoms with Crippen LogP contribution in [-0.2, 0) is 0 Å². The minimum absolute atomic E-state index is 0.103. The van der Waals surface area contributed by atoms with Crippen LogP contribution in [0.3, 0.4) is 0 Å². The molecule has 0 aliphatic heterocycles. The van der Waals surface area contributed by atoms with Crippen LogP contribution in [0.25, 0.3) is 20.5 Å². The molecule has 0 saturated carbocycles. The van der Waals surface area contributed by atoms with Crippen LogP contribution in [0.15, 0.2) is 23.4 Å². The Balaban J connectivity index is 2.79. The molecule has 0 fully saturated rings. The van der Waals surface area contributed by atoms with Gasteiger partial charge in [-0.25, -0.2) is 0 Å². The van der Waals surface area contributed by atoms with Crippen molar-refractivity contribution in [2.75, 3.05) is 0 Å². The van der Waals surface area contributed by atoms with Gasteiger partial charge in [-0.2, -0.15) is 4.37 Å². The summed E-state index contributed by atoms with van der Waals surface area (Å²) in [6.07, 6.45) is 1.52.